The molecule has 1 fully saturated rings. The summed E-state index contributed by atoms with van der Waals surface area (Å²) in [4.78, 5) is 29.2. The Bertz CT molecular complexity index is 1190. The number of hydrogen-bond donors (Lipinski definition) is 1. The number of rotatable bonds is 9. The van der Waals surface area contributed by atoms with Crippen LogP contribution in [0, 0.1) is 0 Å². The third-order valence-electron chi connectivity index (χ3n) is 6.08. The van der Waals surface area contributed by atoms with Crippen molar-refractivity contribution in [1.29, 1.82) is 0 Å². The maximum Gasteiger partial charge on any atom is 0.280 e. The standard InChI is InChI=1S/C26H27Cl2N3O4S/c1-3-35-20-14-10-18(11-15-20)31(26(33)22-21(27)24(28)36-30-22)23(16-8-12-19(34-2)13-9-16)25(32)29-17-6-4-5-7-17/h8-15,17,23H,3-7H2,1-2H3,(H,29,32)/t23-/m0/s1. The molecule has 0 radical (unpaired) electrons. The molecule has 1 aliphatic rings. The molecular weight excluding hydrogens is 521 g/mol. The van der Waals surface area contributed by atoms with Crippen LogP contribution in [-0.2, 0) is 4.79 Å². The zero-order valence-electron chi connectivity index (χ0n) is 20.0. The number of carbonyl (C=O) groups is 2. The smallest absolute Gasteiger partial charge is 0.280 e. The number of nitrogens with one attached hydrogen (secondary N) is 1. The van der Waals surface area contributed by atoms with Gasteiger partial charge < -0.3 is 14.8 Å². The van der Waals surface area contributed by atoms with Gasteiger partial charge in [0.25, 0.3) is 5.91 Å². The van der Waals surface area contributed by atoms with E-state index in [1.165, 1.54) is 4.90 Å². The zero-order chi connectivity index (χ0) is 25.7. The normalized spacial score (nSPS) is 14.3. The number of aromatic nitrogens is 1. The van der Waals surface area contributed by atoms with Crippen molar-refractivity contribution >= 4 is 52.2 Å². The molecule has 1 heterocycles. The van der Waals surface area contributed by atoms with E-state index in [0.29, 0.717) is 29.4 Å². The maximum atomic E-state index is 14.0. The summed E-state index contributed by atoms with van der Waals surface area (Å²) < 4.78 is 15.3. The van der Waals surface area contributed by atoms with Crippen LogP contribution in [-0.4, -0.2) is 35.9 Å². The lowest BCUT2D eigenvalue weighted by atomic mass is 10.0. The first kappa shape index (κ1) is 26.3. The molecule has 1 saturated carbocycles. The summed E-state index contributed by atoms with van der Waals surface area (Å²) in [5, 5.41) is 3.21. The summed E-state index contributed by atoms with van der Waals surface area (Å²) >= 11 is 13.4. The van der Waals surface area contributed by atoms with Crippen LogP contribution in [0.5, 0.6) is 11.5 Å². The summed E-state index contributed by atoms with van der Waals surface area (Å²) in [7, 11) is 1.57. The van der Waals surface area contributed by atoms with E-state index in [1.54, 1.807) is 55.6 Å². The molecule has 3 aromatic rings. The van der Waals surface area contributed by atoms with Crippen LogP contribution in [0.4, 0.5) is 5.69 Å². The second-order valence-electron chi connectivity index (χ2n) is 8.39. The molecule has 4 rings (SSSR count). The van der Waals surface area contributed by atoms with Gasteiger partial charge in [-0.25, -0.2) is 0 Å². The van der Waals surface area contributed by atoms with Crippen molar-refractivity contribution in [2.45, 2.75) is 44.7 Å². The first-order chi connectivity index (χ1) is 17.4. The first-order valence-corrected chi connectivity index (χ1v) is 13.3. The van der Waals surface area contributed by atoms with E-state index in [2.05, 4.69) is 9.69 Å². The molecule has 0 unspecified atom stereocenters. The maximum absolute atomic E-state index is 14.0. The molecule has 1 aliphatic carbocycles. The average Bonchev–Trinajstić information content (AvgIpc) is 3.52. The van der Waals surface area contributed by atoms with Gasteiger partial charge in [0, 0.05) is 11.7 Å². The minimum atomic E-state index is -0.988. The van der Waals surface area contributed by atoms with Crippen LogP contribution < -0.4 is 19.7 Å². The second-order valence-corrected chi connectivity index (χ2v) is 10.1. The van der Waals surface area contributed by atoms with Crippen LogP contribution in [0.15, 0.2) is 48.5 Å². The summed E-state index contributed by atoms with van der Waals surface area (Å²) in [6, 6.07) is 13.2. The summed E-state index contributed by atoms with van der Waals surface area (Å²) in [5.74, 6) is 0.475. The van der Waals surface area contributed by atoms with Gasteiger partial charge in [0.1, 0.15) is 26.9 Å². The van der Waals surface area contributed by atoms with Gasteiger partial charge >= 0.3 is 0 Å². The van der Waals surface area contributed by atoms with Gasteiger partial charge in [-0.05, 0) is 73.3 Å². The van der Waals surface area contributed by atoms with Crippen molar-refractivity contribution in [1.82, 2.24) is 9.69 Å². The highest BCUT2D eigenvalue weighted by Gasteiger charge is 2.37. The van der Waals surface area contributed by atoms with Gasteiger partial charge in [-0.3, -0.25) is 14.5 Å². The number of methoxy groups -OCH3 is 1. The fraction of sp³-hybridized carbons (Fsp3) is 0.346. The molecule has 1 atom stereocenters. The van der Waals surface area contributed by atoms with Crippen LogP contribution in [0.25, 0.3) is 0 Å². The number of ether oxygens (including phenoxy) is 2. The lowest BCUT2D eigenvalue weighted by molar-refractivity contribution is -0.123. The van der Waals surface area contributed by atoms with Crippen molar-refractivity contribution in [3.8, 4) is 11.5 Å². The van der Waals surface area contributed by atoms with E-state index in [9.17, 15) is 9.59 Å². The van der Waals surface area contributed by atoms with Crippen molar-refractivity contribution in [2.75, 3.05) is 18.6 Å². The molecule has 7 nitrogen and oxygen atoms in total. The van der Waals surface area contributed by atoms with Crippen LogP contribution in [0.2, 0.25) is 9.36 Å². The Morgan fingerprint density at radius 3 is 2.28 bits per heavy atom. The van der Waals surface area contributed by atoms with Crippen molar-refractivity contribution in [2.24, 2.45) is 0 Å². The Hall–Kier alpha value is -2.81. The number of nitrogens with zero attached hydrogens (tertiary/aromatic N) is 2. The molecule has 0 saturated heterocycles. The molecule has 2 amide bonds. The van der Waals surface area contributed by atoms with E-state index < -0.39 is 11.9 Å². The Balaban J connectivity index is 1.82. The van der Waals surface area contributed by atoms with Crippen LogP contribution in [0.3, 0.4) is 0 Å². The largest absolute Gasteiger partial charge is 0.497 e. The highest BCUT2D eigenvalue weighted by atomic mass is 35.5. The highest BCUT2D eigenvalue weighted by molar-refractivity contribution is 7.11. The molecular formula is C26H27Cl2N3O4S. The van der Waals surface area contributed by atoms with Gasteiger partial charge in [-0.15, -0.1) is 0 Å². The fourth-order valence-corrected chi connectivity index (χ4v) is 5.30. The second kappa shape index (κ2) is 12.0. The van der Waals surface area contributed by atoms with Gasteiger partial charge in [-0.2, -0.15) is 4.37 Å². The molecule has 0 aliphatic heterocycles. The Morgan fingerprint density at radius 1 is 1.08 bits per heavy atom. The Labute approximate surface area is 224 Å². The fourth-order valence-electron chi connectivity index (χ4n) is 4.31. The Kier molecular flexibility index (Phi) is 8.72. The molecule has 10 heteroatoms. The molecule has 0 spiro atoms. The summed E-state index contributed by atoms with van der Waals surface area (Å²) in [6.45, 7) is 2.40. The topological polar surface area (TPSA) is 80.8 Å². The van der Waals surface area contributed by atoms with E-state index in [1.807, 2.05) is 6.92 Å². The van der Waals surface area contributed by atoms with Crippen LogP contribution >= 0.6 is 34.7 Å². The monoisotopic (exact) mass is 547 g/mol. The first-order valence-electron chi connectivity index (χ1n) is 11.7. The predicted molar refractivity (Wildman–Crippen MR) is 143 cm³/mol. The molecule has 0 bridgehead atoms. The van der Waals surface area contributed by atoms with Gasteiger partial charge in [0.05, 0.1) is 13.7 Å². The number of carbonyl (C=O) groups excluding carboxylic acids is 2. The third-order valence-corrected chi connectivity index (χ3v) is 7.70. The number of halogens is 2. The lowest BCUT2D eigenvalue weighted by Gasteiger charge is -2.32. The quantitative estimate of drug-likeness (QED) is 0.339. The van der Waals surface area contributed by atoms with E-state index in [0.717, 1.165) is 37.2 Å². The van der Waals surface area contributed by atoms with Gasteiger partial charge in [0.2, 0.25) is 5.91 Å². The molecule has 2 aromatic carbocycles. The average molecular weight is 548 g/mol. The number of amides is 2. The molecule has 1 N–H and O–H groups in total. The van der Waals surface area contributed by atoms with Crippen molar-refractivity contribution in [3.05, 3.63) is 69.1 Å². The number of anilines is 1. The SMILES string of the molecule is CCOc1ccc(N(C(=O)c2nsc(Cl)c2Cl)[C@H](C(=O)NC2CCCC2)c2ccc(OC)cc2)cc1. The summed E-state index contributed by atoms with van der Waals surface area (Å²) in [6.07, 6.45) is 3.94. The molecule has 1 aromatic heterocycles. The lowest BCUT2D eigenvalue weighted by Crippen LogP contribution is -2.46. The van der Waals surface area contributed by atoms with Crippen molar-refractivity contribution in [3.63, 3.8) is 0 Å². The predicted octanol–water partition coefficient (Wildman–Crippen LogP) is 6.30. The highest BCUT2D eigenvalue weighted by Crippen LogP contribution is 2.36. The Morgan fingerprint density at radius 2 is 1.72 bits per heavy atom. The van der Waals surface area contributed by atoms with E-state index in [-0.39, 0.29) is 27.0 Å². The number of hydrogen-bond acceptors (Lipinski definition) is 6. The molecule has 36 heavy (non-hydrogen) atoms. The molecule has 190 valence electrons. The third kappa shape index (κ3) is 5.77. The zero-order valence-corrected chi connectivity index (χ0v) is 22.3. The summed E-state index contributed by atoms with van der Waals surface area (Å²) in [5.41, 5.74) is 1.10. The van der Waals surface area contributed by atoms with E-state index >= 15 is 0 Å². The van der Waals surface area contributed by atoms with Gasteiger partial charge in [-0.1, -0.05) is 48.2 Å². The van der Waals surface area contributed by atoms with Crippen LogP contribution in [0.1, 0.15) is 54.7 Å². The minimum absolute atomic E-state index is 0.00673. The number of benzene rings is 2. The van der Waals surface area contributed by atoms with E-state index in [4.69, 9.17) is 32.7 Å². The van der Waals surface area contributed by atoms with Crippen molar-refractivity contribution < 1.29 is 19.1 Å². The minimum Gasteiger partial charge on any atom is -0.497 e. The van der Waals surface area contributed by atoms with Gasteiger partial charge in [0.15, 0.2) is 5.69 Å².